The normalized spacial score (nSPS) is 17.0. The summed E-state index contributed by atoms with van der Waals surface area (Å²) >= 11 is 0. The van der Waals surface area contributed by atoms with Crippen LogP contribution in [0.3, 0.4) is 0 Å². The smallest absolute Gasteiger partial charge is 0.0641 e. The number of likely N-dealkylation sites (tertiary alicyclic amines) is 1. The molecule has 0 aliphatic carbocycles. The third-order valence-corrected chi connectivity index (χ3v) is 4.24. The van der Waals surface area contributed by atoms with Crippen LogP contribution in [-0.2, 0) is 13.6 Å². The Balaban J connectivity index is 1.63. The fourth-order valence-electron chi connectivity index (χ4n) is 2.90. The van der Waals surface area contributed by atoms with Crippen molar-refractivity contribution in [3.05, 3.63) is 17.0 Å². The van der Waals surface area contributed by atoms with E-state index >= 15 is 0 Å². The van der Waals surface area contributed by atoms with Gasteiger partial charge in [-0.3, -0.25) is 4.68 Å². The molecule has 0 unspecified atom stereocenters. The van der Waals surface area contributed by atoms with Gasteiger partial charge in [0.05, 0.1) is 5.69 Å². The molecular weight excluding hydrogens is 236 g/mol. The van der Waals surface area contributed by atoms with Crippen molar-refractivity contribution in [2.45, 2.75) is 46.1 Å². The lowest BCUT2D eigenvalue weighted by molar-refractivity contribution is 0.225. The van der Waals surface area contributed by atoms with E-state index in [2.05, 4.69) is 29.2 Å². The first-order valence-corrected chi connectivity index (χ1v) is 7.60. The van der Waals surface area contributed by atoms with Crippen molar-refractivity contribution in [3.63, 3.8) is 0 Å². The van der Waals surface area contributed by atoms with Crippen LogP contribution in [0.5, 0.6) is 0 Å². The summed E-state index contributed by atoms with van der Waals surface area (Å²) in [4.78, 5) is 2.60. The van der Waals surface area contributed by atoms with Crippen LogP contribution in [0.15, 0.2) is 0 Å². The molecule has 0 saturated carbocycles. The van der Waals surface area contributed by atoms with E-state index in [9.17, 15) is 0 Å². The van der Waals surface area contributed by atoms with Crippen molar-refractivity contribution >= 4 is 0 Å². The second-order valence-electron chi connectivity index (χ2n) is 5.71. The molecule has 1 fully saturated rings. The molecule has 0 atom stereocenters. The van der Waals surface area contributed by atoms with Crippen LogP contribution in [0.1, 0.15) is 42.6 Å². The maximum atomic E-state index is 4.45. The summed E-state index contributed by atoms with van der Waals surface area (Å²) in [6.07, 6.45) is 5.45. The van der Waals surface area contributed by atoms with Crippen LogP contribution < -0.4 is 5.32 Å². The Morgan fingerprint density at radius 2 is 1.89 bits per heavy atom. The highest BCUT2D eigenvalue weighted by Gasteiger charge is 2.10. The Morgan fingerprint density at radius 1 is 1.16 bits per heavy atom. The van der Waals surface area contributed by atoms with Crippen LogP contribution in [-0.4, -0.2) is 40.9 Å². The molecule has 0 bridgehead atoms. The minimum absolute atomic E-state index is 0.950. The number of aromatic nitrogens is 2. The lowest BCUT2D eigenvalue weighted by atomic mass is 10.1. The Morgan fingerprint density at radius 3 is 2.53 bits per heavy atom. The molecule has 1 saturated heterocycles. The highest BCUT2D eigenvalue weighted by atomic mass is 15.3. The minimum Gasteiger partial charge on any atom is -0.312 e. The zero-order valence-corrected chi connectivity index (χ0v) is 12.7. The van der Waals surface area contributed by atoms with Crippen molar-refractivity contribution in [2.24, 2.45) is 7.05 Å². The molecule has 0 spiro atoms. The number of nitrogens with zero attached hydrogens (tertiary/aromatic N) is 3. The molecule has 1 N–H and O–H groups in total. The first kappa shape index (κ1) is 14.5. The first-order valence-electron chi connectivity index (χ1n) is 7.60. The summed E-state index contributed by atoms with van der Waals surface area (Å²) < 4.78 is 1.97. The summed E-state index contributed by atoms with van der Waals surface area (Å²) in [7, 11) is 2.02. The van der Waals surface area contributed by atoms with Crippen molar-refractivity contribution in [2.75, 3.05) is 26.2 Å². The quantitative estimate of drug-likeness (QED) is 0.798. The van der Waals surface area contributed by atoms with Crippen LogP contribution in [0.2, 0.25) is 0 Å². The van der Waals surface area contributed by atoms with E-state index in [0.29, 0.717) is 0 Å². The number of hydrogen-bond donors (Lipinski definition) is 1. The van der Waals surface area contributed by atoms with Gasteiger partial charge in [0.1, 0.15) is 0 Å². The summed E-state index contributed by atoms with van der Waals surface area (Å²) in [5, 5.41) is 8.01. The van der Waals surface area contributed by atoms with E-state index in [-0.39, 0.29) is 0 Å². The van der Waals surface area contributed by atoms with Crippen molar-refractivity contribution in [1.29, 1.82) is 0 Å². The van der Waals surface area contributed by atoms with Gasteiger partial charge in [0.15, 0.2) is 0 Å². The average molecular weight is 264 g/mol. The monoisotopic (exact) mass is 264 g/mol. The lowest BCUT2D eigenvalue weighted by Gasteiger charge is -2.26. The molecule has 108 valence electrons. The number of nitrogens with one attached hydrogen (secondary N) is 1. The van der Waals surface area contributed by atoms with Gasteiger partial charge in [0, 0.05) is 24.8 Å². The summed E-state index contributed by atoms with van der Waals surface area (Å²) in [6, 6.07) is 0. The van der Waals surface area contributed by atoms with Crippen molar-refractivity contribution < 1.29 is 0 Å². The largest absolute Gasteiger partial charge is 0.312 e. The predicted molar refractivity (Wildman–Crippen MR) is 79.3 cm³/mol. The molecule has 1 aromatic rings. The molecule has 2 rings (SSSR count). The van der Waals surface area contributed by atoms with Gasteiger partial charge in [-0.15, -0.1) is 0 Å². The fraction of sp³-hybridized carbons (Fsp3) is 0.800. The summed E-state index contributed by atoms with van der Waals surface area (Å²) in [5.74, 6) is 0. The van der Waals surface area contributed by atoms with E-state index in [1.165, 1.54) is 56.6 Å². The van der Waals surface area contributed by atoms with Gasteiger partial charge >= 0.3 is 0 Å². The van der Waals surface area contributed by atoms with Gasteiger partial charge in [-0.05, 0) is 59.3 Å². The zero-order chi connectivity index (χ0) is 13.7. The number of rotatable bonds is 6. The Labute approximate surface area is 117 Å². The fourth-order valence-corrected chi connectivity index (χ4v) is 2.90. The molecule has 0 aromatic carbocycles. The molecule has 4 nitrogen and oxygen atoms in total. The third-order valence-electron chi connectivity index (χ3n) is 4.24. The molecule has 1 aromatic heterocycles. The number of piperidine rings is 1. The standard InChI is InChI=1S/C15H28N4/c1-13-15(14(2)18(3)17-13)12-16-8-7-11-19-9-5-4-6-10-19/h16H,4-12H2,1-3H3. The maximum Gasteiger partial charge on any atom is 0.0641 e. The van der Waals surface area contributed by atoms with Crippen LogP contribution in [0.25, 0.3) is 0 Å². The van der Waals surface area contributed by atoms with Crippen LogP contribution in [0.4, 0.5) is 0 Å². The van der Waals surface area contributed by atoms with Gasteiger partial charge in [0.25, 0.3) is 0 Å². The van der Waals surface area contributed by atoms with E-state index in [1.807, 2.05) is 11.7 Å². The van der Waals surface area contributed by atoms with E-state index in [1.54, 1.807) is 0 Å². The van der Waals surface area contributed by atoms with E-state index in [0.717, 1.165) is 18.8 Å². The first-order chi connectivity index (χ1) is 9.18. The van der Waals surface area contributed by atoms with Crippen LogP contribution >= 0.6 is 0 Å². The van der Waals surface area contributed by atoms with Gasteiger partial charge < -0.3 is 10.2 Å². The Bertz CT molecular complexity index is 391. The summed E-state index contributed by atoms with van der Waals surface area (Å²) in [5.41, 5.74) is 3.80. The van der Waals surface area contributed by atoms with Crippen molar-refractivity contribution in [3.8, 4) is 0 Å². The predicted octanol–water partition coefficient (Wildman–Crippen LogP) is 2.00. The molecule has 1 aliphatic rings. The SMILES string of the molecule is Cc1nn(C)c(C)c1CNCCCN1CCCCC1. The topological polar surface area (TPSA) is 33.1 Å². The summed E-state index contributed by atoms with van der Waals surface area (Å²) in [6.45, 7) is 10.2. The molecule has 0 amide bonds. The second-order valence-corrected chi connectivity index (χ2v) is 5.71. The highest BCUT2D eigenvalue weighted by Crippen LogP contribution is 2.11. The lowest BCUT2D eigenvalue weighted by Crippen LogP contribution is -2.32. The number of aryl methyl sites for hydroxylation is 2. The van der Waals surface area contributed by atoms with Crippen LogP contribution in [0, 0.1) is 13.8 Å². The average Bonchev–Trinajstić information content (AvgIpc) is 2.65. The van der Waals surface area contributed by atoms with E-state index in [4.69, 9.17) is 0 Å². The Kier molecular flexibility index (Phi) is 5.40. The third kappa shape index (κ3) is 4.05. The molecular formula is C15H28N4. The van der Waals surface area contributed by atoms with E-state index < -0.39 is 0 Å². The Hall–Kier alpha value is -0.870. The van der Waals surface area contributed by atoms with Gasteiger partial charge in [-0.1, -0.05) is 6.42 Å². The zero-order valence-electron chi connectivity index (χ0n) is 12.7. The van der Waals surface area contributed by atoms with Gasteiger partial charge in [-0.25, -0.2) is 0 Å². The molecule has 1 aliphatic heterocycles. The molecule has 2 heterocycles. The van der Waals surface area contributed by atoms with Gasteiger partial charge in [0.2, 0.25) is 0 Å². The van der Waals surface area contributed by atoms with Crippen molar-refractivity contribution in [1.82, 2.24) is 20.0 Å². The number of hydrogen-bond acceptors (Lipinski definition) is 3. The molecule has 0 radical (unpaired) electrons. The minimum atomic E-state index is 0.950. The second kappa shape index (κ2) is 7.06. The molecule has 19 heavy (non-hydrogen) atoms. The maximum absolute atomic E-state index is 4.45. The molecule has 4 heteroatoms. The highest BCUT2D eigenvalue weighted by molar-refractivity contribution is 5.23. The van der Waals surface area contributed by atoms with Gasteiger partial charge in [-0.2, -0.15) is 5.10 Å².